The molecule has 0 aromatic carbocycles. The molecule has 1 aliphatic rings. The van der Waals surface area contributed by atoms with E-state index in [4.69, 9.17) is 0 Å². The van der Waals surface area contributed by atoms with Crippen LogP contribution >= 0.6 is 0 Å². The Labute approximate surface area is 56.5 Å². The molecule has 0 saturated carbocycles. The van der Waals surface area contributed by atoms with Crippen molar-refractivity contribution in [2.45, 2.75) is 0 Å². The summed E-state index contributed by atoms with van der Waals surface area (Å²) in [5.41, 5.74) is 0.941. The zero-order chi connectivity index (χ0) is 6.69. The van der Waals surface area contributed by atoms with Crippen molar-refractivity contribution < 1.29 is 0 Å². The van der Waals surface area contributed by atoms with Crippen molar-refractivity contribution in [3.8, 4) is 0 Å². The van der Waals surface area contributed by atoms with Gasteiger partial charge in [-0.1, -0.05) is 0 Å². The first-order valence-corrected chi connectivity index (χ1v) is 3.27. The fourth-order valence-electron chi connectivity index (χ4n) is 0.981. The average molecular weight is 125 g/mol. The smallest absolute Gasteiger partial charge is 0.186 e. The number of hydrogen-bond donors (Lipinski definition) is 1. The highest BCUT2D eigenvalue weighted by Crippen LogP contribution is 1.99. The third-order valence-electron chi connectivity index (χ3n) is 1.56. The lowest BCUT2D eigenvalue weighted by atomic mass is 10.3. The number of hydrogen-bond acceptors (Lipinski definition) is 2. The topological polar surface area (TPSA) is 15.3 Å². The lowest BCUT2D eigenvalue weighted by Gasteiger charge is -2.25. The normalized spacial score (nSPS) is 19.8. The molecule has 1 rings (SSSR count). The maximum absolute atomic E-state index is 3.77. The minimum Gasteiger partial charge on any atom is -0.337 e. The van der Waals surface area contributed by atoms with Crippen molar-refractivity contribution in [2.24, 2.45) is 0 Å². The van der Waals surface area contributed by atoms with Gasteiger partial charge in [0.05, 0.1) is 13.5 Å². The molecule has 9 heavy (non-hydrogen) atoms. The van der Waals surface area contributed by atoms with Crippen molar-refractivity contribution in [3.05, 3.63) is 19.2 Å². The monoisotopic (exact) mass is 125 g/mol. The molecule has 1 fully saturated rings. The van der Waals surface area contributed by atoms with E-state index in [2.05, 4.69) is 23.7 Å². The van der Waals surface area contributed by atoms with Gasteiger partial charge in [-0.2, -0.15) is 0 Å². The van der Waals surface area contributed by atoms with E-state index in [1.807, 2.05) is 0 Å². The van der Waals surface area contributed by atoms with Gasteiger partial charge in [-0.3, -0.25) is 0 Å². The lowest BCUT2D eigenvalue weighted by Crippen LogP contribution is -2.42. The molecular weight excluding hydrogens is 112 g/mol. The molecule has 0 aliphatic carbocycles. The maximum Gasteiger partial charge on any atom is 0.186 e. The van der Waals surface area contributed by atoms with Gasteiger partial charge in [0.15, 0.2) is 5.70 Å². The zero-order valence-electron chi connectivity index (χ0n) is 5.69. The van der Waals surface area contributed by atoms with Crippen molar-refractivity contribution >= 4 is 0 Å². The van der Waals surface area contributed by atoms with E-state index in [1.54, 1.807) is 0 Å². The van der Waals surface area contributed by atoms with Crippen LogP contribution in [0.2, 0.25) is 0 Å². The van der Waals surface area contributed by atoms with Crippen LogP contribution in [0.15, 0.2) is 12.3 Å². The summed E-state index contributed by atoms with van der Waals surface area (Å²) in [6.45, 7) is 11.8. The first-order valence-electron chi connectivity index (χ1n) is 3.27. The van der Waals surface area contributed by atoms with Crippen molar-refractivity contribution in [2.75, 3.05) is 26.2 Å². The van der Waals surface area contributed by atoms with E-state index in [1.165, 1.54) is 0 Å². The minimum absolute atomic E-state index is 0.941. The summed E-state index contributed by atoms with van der Waals surface area (Å²) in [4.78, 5) is 2.19. The minimum atomic E-state index is 0.941. The van der Waals surface area contributed by atoms with Crippen LogP contribution in [0.25, 0.3) is 0 Å². The van der Waals surface area contributed by atoms with Gasteiger partial charge in [0.25, 0.3) is 0 Å². The number of nitrogens with one attached hydrogen (secondary N) is 1. The number of nitrogens with zero attached hydrogens (tertiary/aromatic N) is 1. The molecule has 0 radical (unpaired) electrons. The number of rotatable bonds is 1. The molecule has 50 valence electrons. The molecule has 0 aromatic heterocycles. The highest BCUT2D eigenvalue weighted by atomic mass is 15.2. The summed E-state index contributed by atoms with van der Waals surface area (Å²) in [6.07, 6.45) is 0. The van der Waals surface area contributed by atoms with E-state index in [9.17, 15) is 0 Å². The Balaban J connectivity index is 2.31. The SMILES string of the molecule is C=C([CH2+])N1CCNCC1. The van der Waals surface area contributed by atoms with Gasteiger partial charge >= 0.3 is 0 Å². The fourth-order valence-corrected chi connectivity index (χ4v) is 0.981. The molecule has 0 aromatic rings. The predicted octanol–water partition coefficient (Wildman–Crippen LogP) is 0.239. The Kier molecular flexibility index (Phi) is 2.01. The lowest BCUT2D eigenvalue weighted by molar-refractivity contribution is 0.308. The largest absolute Gasteiger partial charge is 0.337 e. The molecule has 1 N–H and O–H groups in total. The third-order valence-corrected chi connectivity index (χ3v) is 1.56. The highest BCUT2D eigenvalue weighted by Gasteiger charge is 2.10. The van der Waals surface area contributed by atoms with Crippen LogP contribution < -0.4 is 5.32 Å². The second-order valence-electron chi connectivity index (χ2n) is 2.30. The molecule has 1 saturated heterocycles. The summed E-state index contributed by atoms with van der Waals surface area (Å²) < 4.78 is 0. The first kappa shape index (κ1) is 6.49. The first-order chi connectivity index (χ1) is 4.30. The van der Waals surface area contributed by atoms with E-state index in [-0.39, 0.29) is 0 Å². The quantitative estimate of drug-likeness (QED) is 0.505. The van der Waals surface area contributed by atoms with Gasteiger partial charge in [0.2, 0.25) is 0 Å². The Morgan fingerprint density at radius 3 is 2.33 bits per heavy atom. The van der Waals surface area contributed by atoms with Crippen LogP contribution in [-0.2, 0) is 0 Å². The van der Waals surface area contributed by atoms with Crippen LogP contribution in [0.5, 0.6) is 0 Å². The Morgan fingerprint density at radius 2 is 2.00 bits per heavy atom. The summed E-state index contributed by atoms with van der Waals surface area (Å²) in [5.74, 6) is 0. The fraction of sp³-hybridized carbons (Fsp3) is 0.571. The van der Waals surface area contributed by atoms with Crippen LogP contribution in [0, 0.1) is 6.92 Å². The summed E-state index contributed by atoms with van der Waals surface area (Å²) in [7, 11) is 0. The molecule has 0 spiro atoms. The molecule has 0 atom stereocenters. The number of piperazine rings is 1. The van der Waals surface area contributed by atoms with Crippen molar-refractivity contribution in [1.29, 1.82) is 0 Å². The molecule has 0 amide bonds. The van der Waals surface area contributed by atoms with Crippen LogP contribution in [0.3, 0.4) is 0 Å². The Bertz CT molecular complexity index is 103. The molecule has 1 aliphatic heterocycles. The summed E-state index contributed by atoms with van der Waals surface area (Å²) in [6, 6.07) is 0. The van der Waals surface area contributed by atoms with Gasteiger partial charge in [0.1, 0.15) is 0 Å². The average Bonchev–Trinajstić information content (AvgIpc) is 1.90. The molecule has 2 heteroatoms. The van der Waals surface area contributed by atoms with Crippen LogP contribution in [0.1, 0.15) is 0 Å². The summed E-state index contributed by atoms with van der Waals surface area (Å²) >= 11 is 0. The second kappa shape index (κ2) is 2.78. The molecule has 0 bridgehead atoms. The molecule has 0 unspecified atom stereocenters. The van der Waals surface area contributed by atoms with Crippen LogP contribution in [-0.4, -0.2) is 31.1 Å². The molecule has 1 heterocycles. The van der Waals surface area contributed by atoms with E-state index in [0.717, 1.165) is 31.9 Å². The third kappa shape index (κ3) is 1.64. The predicted molar refractivity (Wildman–Crippen MR) is 38.9 cm³/mol. The molecular formula is C7H13N2+. The standard InChI is InChI=1S/C7H13N2/c1-7(2)9-5-3-8-4-6-9/h8H,1-6H2/q+1. The van der Waals surface area contributed by atoms with Crippen LogP contribution in [0.4, 0.5) is 0 Å². The van der Waals surface area contributed by atoms with E-state index >= 15 is 0 Å². The van der Waals surface area contributed by atoms with E-state index < -0.39 is 0 Å². The zero-order valence-corrected chi connectivity index (χ0v) is 5.69. The van der Waals surface area contributed by atoms with Gasteiger partial charge in [0, 0.05) is 26.2 Å². The second-order valence-corrected chi connectivity index (χ2v) is 2.30. The maximum atomic E-state index is 3.77. The van der Waals surface area contributed by atoms with Gasteiger partial charge < -0.3 is 10.2 Å². The van der Waals surface area contributed by atoms with Crippen molar-refractivity contribution in [1.82, 2.24) is 10.2 Å². The summed E-state index contributed by atoms with van der Waals surface area (Å²) in [5, 5.41) is 3.26. The Hall–Kier alpha value is -0.630. The van der Waals surface area contributed by atoms with Crippen molar-refractivity contribution in [3.63, 3.8) is 0 Å². The molecule has 2 nitrogen and oxygen atoms in total. The highest BCUT2D eigenvalue weighted by molar-refractivity contribution is 4.98. The van der Waals surface area contributed by atoms with Gasteiger partial charge in [-0.05, 0) is 0 Å². The van der Waals surface area contributed by atoms with Gasteiger partial charge in [-0.15, -0.1) is 0 Å². The van der Waals surface area contributed by atoms with E-state index in [0.29, 0.717) is 0 Å². The Morgan fingerprint density at radius 1 is 1.44 bits per heavy atom. The number of allylic oxidation sites excluding steroid dienone is 1. The van der Waals surface area contributed by atoms with Gasteiger partial charge in [-0.25, -0.2) is 0 Å².